The molecule has 4 rings (SSSR count). The molecule has 0 unspecified atom stereocenters. The molecular formula is C21H19N5O2. The van der Waals surface area contributed by atoms with E-state index in [1.807, 2.05) is 34.9 Å². The molecule has 0 atom stereocenters. The second-order valence-corrected chi connectivity index (χ2v) is 6.64. The average molecular weight is 373 g/mol. The lowest BCUT2D eigenvalue weighted by Crippen LogP contribution is -2.14. The third-order valence-corrected chi connectivity index (χ3v) is 4.72. The maximum atomic E-state index is 12.6. The van der Waals surface area contributed by atoms with Gasteiger partial charge in [-0.1, -0.05) is 12.1 Å². The summed E-state index contributed by atoms with van der Waals surface area (Å²) in [6.07, 6.45) is 3.32. The van der Waals surface area contributed by atoms with Crippen molar-refractivity contribution in [1.29, 1.82) is 0 Å². The molecule has 0 aliphatic heterocycles. The number of hydrogen-bond donors (Lipinski definition) is 2. The van der Waals surface area contributed by atoms with Crippen molar-refractivity contribution < 1.29 is 9.59 Å². The van der Waals surface area contributed by atoms with Gasteiger partial charge in [0, 0.05) is 11.3 Å². The number of H-pyrrole nitrogens is 1. The fourth-order valence-electron chi connectivity index (χ4n) is 3.44. The summed E-state index contributed by atoms with van der Waals surface area (Å²) in [4.78, 5) is 36.2. The lowest BCUT2D eigenvalue weighted by Gasteiger charge is -2.07. The van der Waals surface area contributed by atoms with Crippen LogP contribution in [0.25, 0.3) is 16.9 Å². The number of aromatic amines is 1. The first-order valence-electron chi connectivity index (χ1n) is 8.85. The number of benzene rings is 1. The summed E-state index contributed by atoms with van der Waals surface area (Å²) < 4.78 is 1.89. The highest BCUT2D eigenvalue weighted by molar-refractivity contribution is 6.07. The molecule has 7 heteroatoms. The van der Waals surface area contributed by atoms with E-state index < -0.39 is 0 Å². The zero-order valence-electron chi connectivity index (χ0n) is 15.8. The molecule has 0 radical (unpaired) electrons. The number of aromatic nitrogens is 4. The van der Waals surface area contributed by atoms with Gasteiger partial charge in [0.25, 0.3) is 5.91 Å². The fraction of sp³-hybridized carbons (Fsp3) is 0.143. The summed E-state index contributed by atoms with van der Waals surface area (Å²) in [5.41, 5.74) is 4.70. The molecule has 140 valence electrons. The number of para-hydroxylation sites is 2. The van der Waals surface area contributed by atoms with Crippen molar-refractivity contribution in [2.45, 2.75) is 20.8 Å². The normalized spacial score (nSPS) is 11.0. The van der Waals surface area contributed by atoms with Crippen LogP contribution in [0, 0.1) is 13.8 Å². The monoisotopic (exact) mass is 373 g/mol. The number of ketones is 1. The predicted octanol–water partition coefficient (Wildman–Crippen LogP) is 3.82. The SMILES string of the molecule is CC(=O)c1c(C)[nH]c(C(=O)Nc2ccc(-n3cnc4ccccc43)nc2)c1C. The average Bonchev–Trinajstić information content (AvgIpc) is 3.23. The molecule has 0 saturated heterocycles. The summed E-state index contributed by atoms with van der Waals surface area (Å²) >= 11 is 0. The van der Waals surface area contributed by atoms with Crippen LogP contribution >= 0.6 is 0 Å². The van der Waals surface area contributed by atoms with Gasteiger partial charge in [0.15, 0.2) is 5.78 Å². The van der Waals surface area contributed by atoms with Crippen molar-refractivity contribution in [2.24, 2.45) is 0 Å². The molecule has 3 heterocycles. The number of amides is 1. The first-order valence-corrected chi connectivity index (χ1v) is 8.85. The van der Waals surface area contributed by atoms with E-state index in [-0.39, 0.29) is 11.7 Å². The van der Waals surface area contributed by atoms with E-state index in [4.69, 9.17) is 0 Å². The Morgan fingerprint density at radius 1 is 1.07 bits per heavy atom. The maximum absolute atomic E-state index is 12.6. The zero-order chi connectivity index (χ0) is 19.8. The Morgan fingerprint density at radius 3 is 2.54 bits per heavy atom. The Balaban J connectivity index is 1.58. The largest absolute Gasteiger partial charge is 0.354 e. The molecule has 4 aromatic rings. The summed E-state index contributed by atoms with van der Waals surface area (Å²) in [7, 11) is 0. The number of anilines is 1. The summed E-state index contributed by atoms with van der Waals surface area (Å²) in [6.45, 7) is 5.04. The number of rotatable bonds is 4. The van der Waals surface area contributed by atoms with Crippen LogP contribution in [0.1, 0.15) is 39.0 Å². The number of nitrogens with zero attached hydrogens (tertiary/aromatic N) is 3. The van der Waals surface area contributed by atoms with E-state index >= 15 is 0 Å². The van der Waals surface area contributed by atoms with Crippen molar-refractivity contribution in [1.82, 2.24) is 19.5 Å². The number of carbonyl (C=O) groups is 2. The molecule has 0 bridgehead atoms. The standard InChI is InChI=1S/C21H19N5O2/c1-12-19(14(3)27)13(2)24-20(12)21(28)25-15-8-9-18(22-10-15)26-11-23-16-6-4-5-7-17(16)26/h4-11,24H,1-3H3,(H,25,28). The molecule has 7 nitrogen and oxygen atoms in total. The maximum Gasteiger partial charge on any atom is 0.272 e. The number of nitrogens with one attached hydrogen (secondary N) is 2. The number of carbonyl (C=O) groups excluding carboxylic acids is 2. The molecule has 0 saturated carbocycles. The molecule has 0 spiro atoms. The summed E-state index contributed by atoms with van der Waals surface area (Å²) in [5, 5.41) is 2.82. The van der Waals surface area contributed by atoms with E-state index in [9.17, 15) is 9.59 Å². The Kier molecular flexibility index (Phi) is 4.27. The first kappa shape index (κ1) is 17.7. The lowest BCUT2D eigenvalue weighted by molar-refractivity contribution is 0.101. The Bertz CT molecular complexity index is 1200. The van der Waals surface area contributed by atoms with Gasteiger partial charge in [-0.15, -0.1) is 0 Å². The van der Waals surface area contributed by atoms with Crippen molar-refractivity contribution >= 4 is 28.4 Å². The fourth-order valence-corrected chi connectivity index (χ4v) is 3.44. The third kappa shape index (κ3) is 2.96. The van der Waals surface area contributed by atoms with Crippen LogP contribution in [0.2, 0.25) is 0 Å². The highest BCUT2D eigenvalue weighted by atomic mass is 16.2. The van der Waals surface area contributed by atoms with Gasteiger partial charge in [-0.3, -0.25) is 14.2 Å². The van der Waals surface area contributed by atoms with E-state index in [2.05, 4.69) is 20.3 Å². The summed E-state index contributed by atoms with van der Waals surface area (Å²) in [5.74, 6) is 0.331. The minimum Gasteiger partial charge on any atom is -0.354 e. The minimum absolute atomic E-state index is 0.0659. The van der Waals surface area contributed by atoms with Crippen molar-refractivity contribution in [2.75, 3.05) is 5.32 Å². The van der Waals surface area contributed by atoms with Gasteiger partial charge in [-0.25, -0.2) is 9.97 Å². The third-order valence-electron chi connectivity index (χ3n) is 4.72. The number of imidazole rings is 1. The first-order chi connectivity index (χ1) is 13.5. The van der Waals surface area contributed by atoms with Crippen molar-refractivity contribution in [3.8, 4) is 5.82 Å². The topological polar surface area (TPSA) is 92.7 Å². The van der Waals surface area contributed by atoms with Gasteiger partial charge < -0.3 is 10.3 Å². The molecule has 2 N–H and O–H groups in total. The van der Waals surface area contributed by atoms with Gasteiger partial charge in [0.05, 0.1) is 22.9 Å². The van der Waals surface area contributed by atoms with Crippen LogP contribution < -0.4 is 5.32 Å². The molecule has 0 aliphatic carbocycles. The number of pyridine rings is 1. The zero-order valence-corrected chi connectivity index (χ0v) is 15.8. The van der Waals surface area contributed by atoms with E-state index in [0.29, 0.717) is 34.0 Å². The Hall–Kier alpha value is -3.74. The Labute approximate surface area is 161 Å². The lowest BCUT2D eigenvalue weighted by atomic mass is 10.1. The molecule has 0 aliphatic rings. The van der Waals surface area contributed by atoms with E-state index in [1.54, 1.807) is 32.4 Å². The minimum atomic E-state index is -0.310. The second kappa shape index (κ2) is 6.77. The highest BCUT2D eigenvalue weighted by Gasteiger charge is 2.20. The Morgan fingerprint density at radius 2 is 1.86 bits per heavy atom. The van der Waals surface area contributed by atoms with E-state index in [1.165, 1.54) is 6.92 Å². The molecule has 28 heavy (non-hydrogen) atoms. The van der Waals surface area contributed by atoms with Gasteiger partial charge in [-0.2, -0.15) is 0 Å². The highest BCUT2D eigenvalue weighted by Crippen LogP contribution is 2.21. The quantitative estimate of drug-likeness (QED) is 0.532. The molecule has 1 aromatic carbocycles. The summed E-state index contributed by atoms with van der Waals surface area (Å²) in [6, 6.07) is 11.4. The van der Waals surface area contributed by atoms with E-state index in [0.717, 1.165) is 11.0 Å². The smallest absolute Gasteiger partial charge is 0.272 e. The van der Waals surface area contributed by atoms with Gasteiger partial charge in [0.1, 0.15) is 17.8 Å². The van der Waals surface area contributed by atoms with Crippen LogP contribution in [-0.4, -0.2) is 31.2 Å². The van der Waals surface area contributed by atoms with Gasteiger partial charge >= 0.3 is 0 Å². The van der Waals surface area contributed by atoms with Crippen LogP contribution in [-0.2, 0) is 0 Å². The van der Waals surface area contributed by atoms with Crippen LogP contribution in [0.5, 0.6) is 0 Å². The van der Waals surface area contributed by atoms with Gasteiger partial charge in [0.2, 0.25) is 0 Å². The number of Topliss-reactive ketones (excluding diaryl/α,β-unsaturated/α-hetero) is 1. The number of hydrogen-bond acceptors (Lipinski definition) is 4. The van der Waals surface area contributed by atoms with Crippen LogP contribution in [0.4, 0.5) is 5.69 Å². The molecule has 3 aromatic heterocycles. The van der Waals surface area contributed by atoms with Crippen molar-refractivity contribution in [3.63, 3.8) is 0 Å². The molecule has 1 amide bonds. The van der Waals surface area contributed by atoms with Crippen LogP contribution in [0.3, 0.4) is 0 Å². The van der Waals surface area contributed by atoms with Crippen LogP contribution in [0.15, 0.2) is 48.9 Å². The number of fused-ring (bicyclic) bond motifs is 1. The molecular weight excluding hydrogens is 354 g/mol. The van der Waals surface area contributed by atoms with Gasteiger partial charge in [-0.05, 0) is 50.6 Å². The second-order valence-electron chi connectivity index (χ2n) is 6.64. The van der Waals surface area contributed by atoms with Crippen molar-refractivity contribution in [3.05, 3.63) is 71.4 Å². The number of aryl methyl sites for hydroxylation is 1. The molecule has 0 fully saturated rings. The predicted molar refractivity (Wildman–Crippen MR) is 107 cm³/mol.